The first-order chi connectivity index (χ1) is 6.68. The summed E-state index contributed by atoms with van der Waals surface area (Å²) in [5, 5.41) is 0. The summed E-state index contributed by atoms with van der Waals surface area (Å²) in [7, 11) is -2.35. The summed E-state index contributed by atoms with van der Waals surface area (Å²) < 4.78 is 13.6. The topological polar surface area (TPSA) is 46.5 Å². The van der Waals surface area contributed by atoms with Crippen molar-refractivity contribution in [2.45, 2.75) is 59.3 Å². The summed E-state index contributed by atoms with van der Waals surface area (Å²) in [6.45, 7) is 6.47. The molecule has 0 amide bonds. The van der Waals surface area contributed by atoms with Crippen LogP contribution in [0.15, 0.2) is 0 Å². The summed E-state index contributed by atoms with van der Waals surface area (Å²) in [6, 6.07) is 0. The van der Waals surface area contributed by atoms with Gasteiger partial charge in [-0.15, -0.1) is 9.42 Å². The first-order valence-electron chi connectivity index (χ1n) is 5.48. The van der Waals surface area contributed by atoms with Gasteiger partial charge >= 0.3 is 8.25 Å². The van der Waals surface area contributed by atoms with Crippen LogP contribution in [0.25, 0.3) is 0 Å². The van der Waals surface area contributed by atoms with Crippen molar-refractivity contribution in [3.8, 4) is 0 Å². The summed E-state index contributed by atoms with van der Waals surface area (Å²) in [5.74, 6) is 0. The minimum Gasteiger partial charge on any atom is -0.133 e. The molecule has 0 fully saturated rings. The Labute approximate surface area is 88.8 Å². The molecule has 0 aromatic rings. The van der Waals surface area contributed by atoms with Gasteiger partial charge in [0, 0.05) is 4.57 Å². The van der Waals surface area contributed by atoms with Crippen LogP contribution >= 0.6 is 8.25 Å². The van der Waals surface area contributed by atoms with Crippen LogP contribution in [0.1, 0.15) is 59.3 Å². The lowest BCUT2D eigenvalue weighted by Gasteiger charge is -1.93. The van der Waals surface area contributed by atoms with Crippen LogP contribution in [0.2, 0.25) is 0 Å². The smallest absolute Gasteiger partial charge is 0.133 e. The second-order valence-corrected chi connectivity index (χ2v) is 3.80. The third-order valence-electron chi connectivity index (χ3n) is 1.70. The van der Waals surface area contributed by atoms with Crippen molar-refractivity contribution in [1.82, 2.24) is 0 Å². The molecule has 0 rings (SSSR count). The molecule has 0 saturated heterocycles. The van der Waals surface area contributed by atoms with Crippen LogP contribution in [-0.2, 0) is 9.09 Å². The Hall–Kier alpha value is 0.0200. The fourth-order valence-corrected chi connectivity index (χ4v) is 1.18. The van der Waals surface area contributed by atoms with Crippen molar-refractivity contribution in [3.63, 3.8) is 0 Å². The molecule has 0 aliphatic carbocycles. The predicted octanol–water partition coefficient (Wildman–Crippen LogP) is 4.04. The van der Waals surface area contributed by atoms with Gasteiger partial charge in [-0.2, -0.15) is 0 Å². The predicted molar refractivity (Wildman–Crippen MR) is 60.5 cm³/mol. The zero-order valence-corrected chi connectivity index (χ0v) is 10.6. The maximum Gasteiger partial charge on any atom is 0.694 e. The van der Waals surface area contributed by atoms with E-state index >= 15 is 0 Å². The summed E-state index contributed by atoms with van der Waals surface area (Å²) in [5.41, 5.74) is 0. The van der Waals surface area contributed by atoms with Crippen molar-refractivity contribution in [2.75, 3.05) is 6.61 Å². The van der Waals surface area contributed by atoms with Crippen molar-refractivity contribution in [3.05, 3.63) is 0 Å². The van der Waals surface area contributed by atoms with Gasteiger partial charge in [-0.05, 0) is 6.92 Å². The Kier molecular flexibility index (Phi) is 18.2. The Morgan fingerprint density at radius 2 is 1.43 bits per heavy atom. The second-order valence-electron chi connectivity index (χ2n) is 3.07. The molecule has 0 aromatic heterocycles. The van der Waals surface area contributed by atoms with Crippen LogP contribution in [0.4, 0.5) is 0 Å². The van der Waals surface area contributed by atoms with Gasteiger partial charge in [-0.25, -0.2) is 0 Å². The third kappa shape index (κ3) is 22.7. The summed E-state index contributed by atoms with van der Waals surface area (Å²) >= 11 is 0. The van der Waals surface area contributed by atoms with Gasteiger partial charge in [0.2, 0.25) is 0 Å². The van der Waals surface area contributed by atoms with Gasteiger partial charge in [0.25, 0.3) is 0 Å². The molecule has 0 heterocycles. The lowest BCUT2D eigenvalue weighted by Crippen LogP contribution is -1.73. The molecule has 14 heavy (non-hydrogen) atoms. The van der Waals surface area contributed by atoms with Crippen LogP contribution in [-0.4, -0.2) is 11.5 Å². The molecular weight excluding hydrogens is 199 g/mol. The van der Waals surface area contributed by atoms with E-state index in [1.807, 2.05) is 0 Å². The van der Waals surface area contributed by atoms with E-state index in [4.69, 9.17) is 4.89 Å². The van der Waals surface area contributed by atoms with E-state index in [0.29, 0.717) is 6.61 Å². The third-order valence-corrected chi connectivity index (χ3v) is 2.18. The molecule has 0 aromatic carbocycles. The van der Waals surface area contributed by atoms with E-state index in [2.05, 4.69) is 18.4 Å². The van der Waals surface area contributed by atoms with Crippen molar-refractivity contribution in [1.29, 1.82) is 0 Å². The van der Waals surface area contributed by atoms with Crippen LogP contribution in [0, 0.1) is 0 Å². The van der Waals surface area contributed by atoms with E-state index in [-0.39, 0.29) is 0 Å². The Balaban J connectivity index is 0. The lowest BCUT2D eigenvalue weighted by molar-refractivity contribution is 0.297. The van der Waals surface area contributed by atoms with Crippen molar-refractivity contribution < 1.29 is 14.0 Å². The van der Waals surface area contributed by atoms with Gasteiger partial charge in [0.1, 0.15) is 6.61 Å². The number of rotatable bonds is 7. The molecule has 86 valence electrons. The molecule has 0 radical (unpaired) electrons. The second kappa shape index (κ2) is 15.5. The van der Waals surface area contributed by atoms with Gasteiger partial charge in [0.05, 0.1) is 0 Å². The van der Waals surface area contributed by atoms with Crippen LogP contribution in [0.5, 0.6) is 0 Å². The SMILES string of the molecule is CCCCCCCC.CCO[P+](=O)O. The number of hydrogen-bond donors (Lipinski definition) is 1. The summed E-state index contributed by atoms with van der Waals surface area (Å²) in [4.78, 5) is 7.84. The molecule has 0 spiro atoms. The monoisotopic (exact) mass is 223 g/mol. The van der Waals surface area contributed by atoms with Gasteiger partial charge in [-0.1, -0.05) is 52.4 Å². The fraction of sp³-hybridized carbons (Fsp3) is 1.00. The van der Waals surface area contributed by atoms with E-state index in [0.717, 1.165) is 0 Å². The molecule has 1 atom stereocenters. The van der Waals surface area contributed by atoms with Gasteiger partial charge < -0.3 is 0 Å². The maximum atomic E-state index is 9.53. The molecule has 1 N–H and O–H groups in total. The molecule has 0 bridgehead atoms. The zero-order valence-electron chi connectivity index (χ0n) is 9.66. The van der Waals surface area contributed by atoms with Crippen molar-refractivity contribution in [2.24, 2.45) is 0 Å². The lowest BCUT2D eigenvalue weighted by atomic mass is 10.1. The minimum atomic E-state index is -2.35. The van der Waals surface area contributed by atoms with Crippen LogP contribution < -0.4 is 0 Å². The van der Waals surface area contributed by atoms with E-state index in [1.54, 1.807) is 6.92 Å². The molecule has 4 heteroatoms. The quantitative estimate of drug-likeness (QED) is 0.523. The standard InChI is InChI=1S/C8H18.C2H5O3P/c1-3-5-7-8-6-4-2;1-2-5-6(3)4/h3-8H2,1-2H3;2H2,1H3/p+1. The highest BCUT2D eigenvalue weighted by molar-refractivity contribution is 7.32. The van der Waals surface area contributed by atoms with Crippen LogP contribution in [0.3, 0.4) is 0 Å². The molecule has 1 unspecified atom stereocenters. The molecule has 0 aliphatic rings. The average molecular weight is 223 g/mol. The van der Waals surface area contributed by atoms with E-state index < -0.39 is 8.25 Å². The fourth-order valence-electron chi connectivity index (χ4n) is 0.964. The highest BCUT2D eigenvalue weighted by Crippen LogP contribution is 2.12. The van der Waals surface area contributed by atoms with E-state index in [9.17, 15) is 4.57 Å². The molecule has 0 saturated carbocycles. The molecular formula is C10H24O3P+. The van der Waals surface area contributed by atoms with Crippen molar-refractivity contribution >= 4 is 8.25 Å². The normalized spacial score (nSPS) is 10.4. The Morgan fingerprint density at radius 3 is 1.57 bits per heavy atom. The van der Waals surface area contributed by atoms with E-state index in [1.165, 1.54) is 38.5 Å². The largest absolute Gasteiger partial charge is 0.694 e. The van der Waals surface area contributed by atoms with Gasteiger partial charge in [-0.3, -0.25) is 0 Å². The number of unbranched alkanes of at least 4 members (excludes halogenated alkanes) is 5. The zero-order chi connectivity index (χ0) is 11.2. The summed E-state index contributed by atoms with van der Waals surface area (Å²) in [6.07, 6.45) is 8.49. The Morgan fingerprint density at radius 1 is 1.00 bits per heavy atom. The first-order valence-corrected chi connectivity index (χ1v) is 6.61. The first kappa shape index (κ1) is 16.4. The minimum absolute atomic E-state index is 0.297. The van der Waals surface area contributed by atoms with Gasteiger partial charge in [0.15, 0.2) is 0 Å². The highest BCUT2D eigenvalue weighted by Gasteiger charge is 2.06. The highest BCUT2D eigenvalue weighted by atomic mass is 31.1. The average Bonchev–Trinajstić information content (AvgIpc) is 2.13. The molecule has 3 nitrogen and oxygen atoms in total. The maximum absolute atomic E-state index is 9.53. The number of hydrogen-bond acceptors (Lipinski definition) is 2. The Bertz CT molecular complexity index is 112. The molecule has 0 aliphatic heterocycles.